The molecular formula is C10H18O2. The average molecular weight is 170 g/mol. The first-order chi connectivity index (χ1) is 5.59. The molecule has 0 heterocycles. The second-order valence-corrected chi connectivity index (χ2v) is 3.08. The summed E-state index contributed by atoms with van der Waals surface area (Å²) in [7, 11) is 0. The van der Waals surface area contributed by atoms with E-state index in [0.717, 1.165) is 19.3 Å². The van der Waals surface area contributed by atoms with Crippen LogP contribution in [0.1, 0.15) is 46.5 Å². The number of aliphatic hydroxyl groups excluding tert-OH is 1. The molecule has 0 saturated carbocycles. The Labute approximate surface area is 74.3 Å². The molecule has 12 heavy (non-hydrogen) atoms. The minimum atomic E-state index is -0.00824. The van der Waals surface area contributed by atoms with Gasteiger partial charge in [0.25, 0.3) is 0 Å². The van der Waals surface area contributed by atoms with Crippen molar-refractivity contribution in [3.63, 3.8) is 0 Å². The van der Waals surface area contributed by atoms with Gasteiger partial charge in [-0.1, -0.05) is 19.8 Å². The summed E-state index contributed by atoms with van der Waals surface area (Å²) in [5.41, 5.74) is 0.587. The third-order valence-electron chi connectivity index (χ3n) is 1.89. The molecule has 2 heteroatoms. The van der Waals surface area contributed by atoms with Crippen LogP contribution in [0.25, 0.3) is 0 Å². The standard InChI is InChI=1S/C10H18O2/c1-4-5-6-7-10(8(2)11)9(3)12/h11H,4-7H2,1-3H3. The Kier molecular flexibility index (Phi) is 5.43. The summed E-state index contributed by atoms with van der Waals surface area (Å²) in [5.74, 6) is 0.171. The van der Waals surface area contributed by atoms with Gasteiger partial charge in [0, 0.05) is 5.57 Å². The number of carbonyl (C=O) groups is 1. The van der Waals surface area contributed by atoms with Gasteiger partial charge in [0.15, 0.2) is 5.78 Å². The quantitative estimate of drug-likeness (QED) is 0.391. The molecule has 0 aliphatic carbocycles. The average Bonchev–Trinajstić information content (AvgIpc) is 1.96. The number of aliphatic hydroxyl groups is 1. The SMILES string of the molecule is CCCCCC(C(C)=O)=C(C)O. The molecule has 0 radical (unpaired) electrons. The van der Waals surface area contributed by atoms with E-state index in [4.69, 9.17) is 5.11 Å². The molecule has 0 saturated heterocycles. The van der Waals surface area contributed by atoms with Gasteiger partial charge in [-0.05, 0) is 26.7 Å². The van der Waals surface area contributed by atoms with Crippen molar-refractivity contribution in [2.45, 2.75) is 46.5 Å². The van der Waals surface area contributed by atoms with E-state index in [9.17, 15) is 4.79 Å². The largest absolute Gasteiger partial charge is 0.512 e. The number of unbranched alkanes of at least 4 members (excludes halogenated alkanes) is 2. The van der Waals surface area contributed by atoms with Crippen LogP contribution in [0.5, 0.6) is 0 Å². The molecule has 0 amide bonds. The Morgan fingerprint density at radius 2 is 1.83 bits per heavy atom. The van der Waals surface area contributed by atoms with E-state index in [1.807, 2.05) is 0 Å². The van der Waals surface area contributed by atoms with E-state index in [1.165, 1.54) is 6.92 Å². The molecule has 0 aromatic rings. The van der Waals surface area contributed by atoms with Gasteiger partial charge >= 0.3 is 0 Å². The van der Waals surface area contributed by atoms with Gasteiger partial charge in [-0.2, -0.15) is 0 Å². The molecule has 0 aliphatic rings. The summed E-state index contributed by atoms with van der Waals surface area (Å²) in [6.45, 7) is 5.19. The van der Waals surface area contributed by atoms with Gasteiger partial charge in [-0.25, -0.2) is 0 Å². The third-order valence-corrected chi connectivity index (χ3v) is 1.89. The van der Waals surface area contributed by atoms with Crippen molar-refractivity contribution in [3.8, 4) is 0 Å². The molecule has 0 bridgehead atoms. The highest BCUT2D eigenvalue weighted by Gasteiger charge is 2.06. The van der Waals surface area contributed by atoms with Crippen LogP contribution in [0.3, 0.4) is 0 Å². The van der Waals surface area contributed by atoms with Crippen LogP contribution in [-0.2, 0) is 4.79 Å². The summed E-state index contributed by atoms with van der Waals surface area (Å²) in [6.07, 6.45) is 3.95. The fourth-order valence-electron chi connectivity index (χ4n) is 1.16. The number of allylic oxidation sites excluding steroid dienone is 2. The first kappa shape index (κ1) is 11.2. The monoisotopic (exact) mass is 170 g/mol. The zero-order valence-corrected chi connectivity index (χ0v) is 8.18. The van der Waals surface area contributed by atoms with E-state index in [-0.39, 0.29) is 11.5 Å². The summed E-state index contributed by atoms with van der Waals surface area (Å²) in [4.78, 5) is 11.0. The molecule has 1 N–H and O–H groups in total. The molecule has 0 aromatic carbocycles. The van der Waals surface area contributed by atoms with Crippen molar-refractivity contribution in [2.75, 3.05) is 0 Å². The van der Waals surface area contributed by atoms with Crippen LogP contribution in [0.2, 0.25) is 0 Å². The minimum absolute atomic E-state index is 0.00824. The van der Waals surface area contributed by atoms with Crippen LogP contribution in [0.15, 0.2) is 11.3 Å². The summed E-state index contributed by atoms with van der Waals surface area (Å²) in [6, 6.07) is 0. The smallest absolute Gasteiger partial charge is 0.159 e. The van der Waals surface area contributed by atoms with E-state index in [0.29, 0.717) is 12.0 Å². The molecular weight excluding hydrogens is 152 g/mol. The van der Waals surface area contributed by atoms with Crippen molar-refractivity contribution in [2.24, 2.45) is 0 Å². The normalized spacial score (nSPS) is 12.6. The van der Waals surface area contributed by atoms with Crippen LogP contribution in [0.4, 0.5) is 0 Å². The Morgan fingerprint density at radius 1 is 1.25 bits per heavy atom. The topological polar surface area (TPSA) is 37.3 Å². The fraction of sp³-hybridized carbons (Fsp3) is 0.700. The Bertz CT molecular complexity index is 176. The molecule has 0 aromatic heterocycles. The molecule has 2 nitrogen and oxygen atoms in total. The predicted molar refractivity (Wildman–Crippen MR) is 50.2 cm³/mol. The molecule has 0 atom stereocenters. The zero-order valence-electron chi connectivity index (χ0n) is 8.18. The lowest BCUT2D eigenvalue weighted by molar-refractivity contribution is -0.113. The molecule has 0 spiro atoms. The molecule has 0 rings (SSSR count). The van der Waals surface area contributed by atoms with Crippen LogP contribution >= 0.6 is 0 Å². The van der Waals surface area contributed by atoms with Gasteiger partial charge in [-0.3, -0.25) is 4.79 Å². The fourth-order valence-corrected chi connectivity index (χ4v) is 1.16. The van der Waals surface area contributed by atoms with Gasteiger partial charge in [0.1, 0.15) is 0 Å². The Balaban J connectivity index is 4.00. The van der Waals surface area contributed by atoms with Crippen molar-refractivity contribution < 1.29 is 9.90 Å². The van der Waals surface area contributed by atoms with Gasteiger partial charge < -0.3 is 5.11 Å². The van der Waals surface area contributed by atoms with Crippen LogP contribution < -0.4 is 0 Å². The van der Waals surface area contributed by atoms with Gasteiger partial charge in [0.05, 0.1) is 5.76 Å². The maximum Gasteiger partial charge on any atom is 0.159 e. The highest BCUT2D eigenvalue weighted by Crippen LogP contribution is 2.12. The summed E-state index contributed by atoms with van der Waals surface area (Å²) < 4.78 is 0. The highest BCUT2D eigenvalue weighted by atomic mass is 16.3. The molecule has 0 aliphatic heterocycles. The van der Waals surface area contributed by atoms with Crippen molar-refractivity contribution in [3.05, 3.63) is 11.3 Å². The number of hydrogen-bond donors (Lipinski definition) is 1. The summed E-state index contributed by atoms with van der Waals surface area (Å²) in [5, 5.41) is 9.14. The first-order valence-corrected chi connectivity index (χ1v) is 4.49. The predicted octanol–water partition coefficient (Wildman–Crippen LogP) is 2.99. The molecule has 0 unspecified atom stereocenters. The maximum atomic E-state index is 11.0. The zero-order chi connectivity index (χ0) is 9.56. The lowest BCUT2D eigenvalue weighted by Gasteiger charge is -2.03. The van der Waals surface area contributed by atoms with E-state index in [1.54, 1.807) is 6.92 Å². The number of ketones is 1. The molecule has 0 fully saturated rings. The van der Waals surface area contributed by atoms with Crippen LogP contribution in [0, 0.1) is 0 Å². The lowest BCUT2D eigenvalue weighted by Crippen LogP contribution is -2.00. The molecule has 70 valence electrons. The van der Waals surface area contributed by atoms with Gasteiger partial charge in [-0.15, -0.1) is 0 Å². The second-order valence-electron chi connectivity index (χ2n) is 3.08. The van der Waals surface area contributed by atoms with Crippen molar-refractivity contribution in [1.29, 1.82) is 0 Å². The van der Waals surface area contributed by atoms with Crippen LogP contribution in [-0.4, -0.2) is 10.9 Å². The Hall–Kier alpha value is -0.790. The third kappa shape index (κ3) is 4.16. The van der Waals surface area contributed by atoms with Crippen molar-refractivity contribution >= 4 is 5.78 Å². The van der Waals surface area contributed by atoms with E-state index in [2.05, 4.69) is 6.92 Å². The highest BCUT2D eigenvalue weighted by molar-refractivity contribution is 5.93. The van der Waals surface area contributed by atoms with Gasteiger partial charge in [0.2, 0.25) is 0 Å². The second kappa shape index (κ2) is 5.81. The number of hydrogen-bond acceptors (Lipinski definition) is 2. The first-order valence-electron chi connectivity index (χ1n) is 4.49. The lowest BCUT2D eigenvalue weighted by atomic mass is 10.0. The van der Waals surface area contributed by atoms with E-state index < -0.39 is 0 Å². The maximum absolute atomic E-state index is 11.0. The summed E-state index contributed by atoms with van der Waals surface area (Å²) >= 11 is 0. The number of rotatable bonds is 5. The van der Waals surface area contributed by atoms with Crippen molar-refractivity contribution in [1.82, 2.24) is 0 Å². The number of carbonyl (C=O) groups excluding carboxylic acids is 1. The minimum Gasteiger partial charge on any atom is -0.512 e. The Morgan fingerprint density at radius 3 is 2.17 bits per heavy atom. The van der Waals surface area contributed by atoms with E-state index >= 15 is 0 Å². The number of Topliss-reactive ketones (excluding diaryl/α,β-unsaturated/α-hetero) is 1.